The van der Waals surface area contributed by atoms with Crippen LogP contribution >= 0.6 is 11.3 Å². The molecule has 2 nitrogen and oxygen atoms in total. The van der Waals surface area contributed by atoms with Crippen LogP contribution in [0.2, 0.25) is 0 Å². The molecule has 0 radical (unpaired) electrons. The van der Waals surface area contributed by atoms with Crippen LogP contribution in [0, 0.1) is 19.7 Å². The molecule has 0 saturated carbocycles. The second-order valence-electron chi connectivity index (χ2n) is 5.12. The molecule has 1 aromatic heterocycles. The molecule has 20 heavy (non-hydrogen) atoms. The van der Waals surface area contributed by atoms with Crippen molar-refractivity contribution in [3.63, 3.8) is 0 Å². The van der Waals surface area contributed by atoms with Crippen LogP contribution in [0.3, 0.4) is 0 Å². The number of hydrogen-bond acceptors (Lipinski definition) is 3. The van der Waals surface area contributed by atoms with Gasteiger partial charge < -0.3 is 5.32 Å². The minimum atomic E-state index is -0.141. The number of aryl methyl sites for hydroxylation is 2. The highest BCUT2D eigenvalue weighted by Crippen LogP contribution is 2.24. The van der Waals surface area contributed by atoms with Crippen molar-refractivity contribution in [1.82, 2.24) is 10.3 Å². The lowest BCUT2D eigenvalue weighted by Crippen LogP contribution is -2.25. The summed E-state index contributed by atoms with van der Waals surface area (Å²) in [6.07, 6.45) is 1.76. The van der Waals surface area contributed by atoms with Crippen molar-refractivity contribution < 1.29 is 4.39 Å². The van der Waals surface area contributed by atoms with Crippen LogP contribution in [0.15, 0.2) is 23.6 Å². The van der Waals surface area contributed by atoms with E-state index < -0.39 is 0 Å². The maximum Gasteiger partial charge on any atom is 0.128 e. The van der Waals surface area contributed by atoms with Crippen LogP contribution in [-0.2, 0) is 6.42 Å². The normalized spacial score (nSPS) is 12.6. The molecule has 0 aliphatic heterocycles. The van der Waals surface area contributed by atoms with Gasteiger partial charge in [0, 0.05) is 29.1 Å². The van der Waals surface area contributed by atoms with Crippen molar-refractivity contribution in [2.24, 2.45) is 0 Å². The van der Waals surface area contributed by atoms with E-state index in [-0.39, 0.29) is 11.9 Å². The second-order valence-corrected chi connectivity index (χ2v) is 6.06. The van der Waals surface area contributed by atoms with Crippen LogP contribution < -0.4 is 5.32 Å². The molecule has 1 unspecified atom stereocenters. The molecule has 108 valence electrons. The third-order valence-corrected chi connectivity index (χ3v) is 4.20. The van der Waals surface area contributed by atoms with E-state index in [1.54, 1.807) is 17.4 Å². The number of benzene rings is 1. The Labute approximate surface area is 124 Å². The van der Waals surface area contributed by atoms with Gasteiger partial charge in [-0.3, -0.25) is 0 Å². The van der Waals surface area contributed by atoms with Crippen molar-refractivity contribution in [3.8, 4) is 0 Å². The third kappa shape index (κ3) is 3.87. The maximum atomic E-state index is 14.1. The van der Waals surface area contributed by atoms with Gasteiger partial charge >= 0.3 is 0 Å². The summed E-state index contributed by atoms with van der Waals surface area (Å²) < 4.78 is 14.1. The molecule has 0 aliphatic carbocycles. The van der Waals surface area contributed by atoms with Crippen LogP contribution in [-0.4, -0.2) is 11.5 Å². The molecule has 1 N–H and O–H groups in total. The molecule has 0 spiro atoms. The summed E-state index contributed by atoms with van der Waals surface area (Å²) in [5, 5.41) is 6.53. The first-order chi connectivity index (χ1) is 9.60. The highest BCUT2D eigenvalue weighted by molar-refractivity contribution is 7.09. The lowest BCUT2D eigenvalue weighted by Gasteiger charge is -2.19. The van der Waals surface area contributed by atoms with Gasteiger partial charge in [-0.05, 0) is 32.9 Å². The Morgan fingerprint density at radius 3 is 2.80 bits per heavy atom. The Hall–Kier alpha value is -1.26. The third-order valence-electron chi connectivity index (χ3n) is 3.21. The maximum absolute atomic E-state index is 14.1. The molecule has 0 aliphatic rings. The summed E-state index contributed by atoms with van der Waals surface area (Å²) in [6, 6.07) is 5.28. The molecule has 0 amide bonds. The summed E-state index contributed by atoms with van der Waals surface area (Å²) >= 11 is 1.64. The van der Waals surface area contributed by atoms with Crippen molar-refractivity contribution >= 4 is 11.3 Å². The number of nitrogens with one attached hydrogen (secondary N) is 1. The first-order valence-corrected chi connectivity index (χ1v) is 7.88. The number of rotatable bonds is 6. The van der Waals surface area contributed by atoms with Crippen molar-refractivity contribution in [3.05, 3.63) is 51.2 Å². The molecule has 0 bridgehead atoms. The summed E-state index contributed by atoms with van der Waals surface area (Å²) in [4.78, 5) is 4.49. The molecule has 1 aromatic carbocycles. The summed E-state index contributed by atoms with van der Waals surface area (Å²) in [5.41, 5.74) is 2.86. The number of halogens is 1. The minimum absolute atomic E-state index is 0.0135. The lowest BCUT2D eigenvalue weighted by atomic mass is 10.0. The van der Waals surface area contributed by atoms with Crippen LogP contribution in [0.25, 0.3) is 0 Å². The van der Waals surface area contributed by atoms with Gasteiger partial charge in [-0.25, -0.2) is 9.37 Å². The fraction of sp³-hybridized carbons (Fsp3) is 0.438. The van der Waals surface area contributed by atoms with E-state index in [9.17, 15) is 4.39 Å². The van der Waals surface area contributed by atoms with E-state index in [2.05, 4.69) is 17.2 Å². The number of nitrogens with zero attached hydrogens (tertiary/aromatic N) is 1. The Kier molecular flexibility index (Phi) is 5.26. The van der Waals surface area contributed by atoms with E-state index in [0.29, 0.717) is 0 Å². The van der Waals surface area contributed by atoms with Gasteiger partial charge in [0.25, 0.3) is 0 Å². The zero-order valence-corrected chi connectivity index (χ0v) is 13.1. The Morgan fingerprint density at radius 1 is 1.35 bits per heavy atom. The molecule has 0 fully saturated rings. The fourth-order valence-electron chi connectivity index (χ4n) is 2.21. The SMILES string of the molecule is CCCNC(Cc1nc(C)cs1)c1cc(C)ccc1F. The van der Waals surface area contributed by atoms with Gasteiger partial charge in [0.05, 0.1) is 5.01 Å². The van der Waals surface area contributed by atoms with E-state index in [1.165, 1.54) is 0 Å². The highest BCUT2D eigenvalue weighted by atomic mass is 32.1. The second kappa shape index (κ2) is 6.95. The monoisotopic (exact) mass is 292 g/mol. The highest BCUT2D eigenvalue weighted by Gasteiger charge is 2.17. The lowest BCUT2D eigenvalue weighted by molar-refractivity contribution is 0.496. The first-order valence-electron chi connectivity index (χ1n) is 7.00. The summed E-state index contributed by atoms with van der Waals surface area (Å²) in [6.45, 7) is 6.97. The first kappa shape index (κ1) is 15.1. The van der Waals surface area contributed by atoms with Crippen LogP contribution in [0.4, 0.5) is 4.39 Å². The quantitative estimate of drug-likeness (QED) is 0.864. The molecule has 1 atom stereocenters. The number of aromatic nitrogens is 1. The zero-order chi connectivity index (χ0) is 14.5. The van der Waals surface area contributed by atoms with E-state index in [4.69, 9.17) is 0 Å². The standard InChI is InChI=1S/C16H21FN2S/c1-4-7-18-15(9-16-19-12(3)10-20-16)13-8-11(2)5-6-14(13)17/h5-6,8,10,15,18H,4,7,9H2,1-3H3. The Bertz CT molecular complexity index is 565. The fourth-order valence-corrected chi connectivity index (χ4v) is 3.03. The molecule has 4 heteroatoms. The van der Waals surface area contributed by atoms with Gasteiger partial charge in [-0.15, -0.1) is 11.3 Å². The average molecular weight is 292 g/mol. The van der Waals surface area contributed by atoms with Gasteiger partial charge in [-0.2, -0.15) is 0 Å². The van der Waals surface area contributed by atoms with Crippen molar-refractivity contribution in [1.29, 1.82) is 0 Å². The Morgan fingerprint density at radius 2 is 2.15 bits per heavy atom. The zero-order valence-electron chi connectivity index (χ0n) is 12.2. The predicted molar refractivity (Wildman–Crippen MR) is 82.7 cm³/mol. The summed E-state index contributed by atoms with van der Waals surface area (Å²) in [5.74, 6) is -0.141. The smallest absolute Gasteiger partial charge is 0.128 e. The van der Waals surface area contributed by atoms with Crippen molar-refractivity contribution in [2.75, 3.05) is 6.54 Å². The molecular formula is C16H21FN2S. The number of thiazole rings is 1. The van der Waals surface area contributed by atoms with Crippen molar-refractivity contribution in [2.45, 2.75) is 39.7 Å². The van der Waals surface area contributed by atoms with Gasteiger partial charge in [0.2, 0.25) is 0 Å². The predicted octanol–water partition coefficient (Wildman–Crippen LogP) is 4.18. The van der Waals surface area contributed by atoms with E-state index >= 15 is 0 Å². The van der Waals surface area contributed by atoms with Crippen LogP contribution in [0.1, 0.15) is 41.2 Å². The van der Waals surface area contributed by atoms with E-state index in [1.807, 2.05) is 31.4 Å². The van der Waals surface area contributed by atoms with Gasteiger partial charge in [-0.1, -0.05) is 24.6 Å². The number of hydrogen-bond donors (Lipinski definition) is 1. The summed E-state index contributed by atoms with van der Waals surface area (Å²) in [7, 11) is 0. The van der Waals surface area contributed by atoms with Crippen LogP contribution in [0.5, 0.6) is 0 Å². The average Bonchev–Trinajstić information content (AvgIpc) is 2.83. The molecule has 2 rings (SSSR count). The molecule has 2 aromatic rings. The Balaban J connectivity index is 2.24. The largest absolute Gasteiger partial charge is 0.309 e. The minimum Gasteiger partial charge on any atom is -0.309 e. The molecule has 1 heterocycles. The van der Waals surface area contributed by atoms with E-state index in [0.717, 1.165) is 41.2 Å². The molecular weight excluding hydrogens is 271 g/mol. The topological polar surface area (TPSA) is 24.9 Å². The van der Waals surface area contributed by atoms with Gasteiger partial charge in [0.15, 0.2) is 0 Å². The molecule has 0 saturated heterocycles. The van der Waals surface area contributed by atoms with Gasteiger partial charge in [0.1, 0.15) is 5.82 Å².